The van der Waals surface area contributed by atoms with Gasteiger partial charge in [-0.05, 0) is 35.6 Å². The highest BCUT2D eigenvalue weighted by atomic mass is 32.1. The Morgan fingerprint density at radius 1 is 1.27 bits per heavy atom. The summed E-state index contributed by atoms with van der Waals surface area (Å²) in [7, 11) is 0. The third-order valence-electron chi connectivity index (χ3n) is 3.10. The van der Waals surface area contributed by atoms with Crippen molar-refractivity contribution in [3.63, 3.8) is 0 Å². The fraction of sp³-hybridized carbons (Fsp3) is 0.267. The van der Waals surface area contributed by atoms with Gasteiger partial charge in [0.1, 0.15) is 0 Å². The Morgan fingerprint density at radius 2 is 1.95 bits per heavy atom. The number of aliphatic hydroxyl groups excluding tert-OH is 1. The zero-order valence-electron chi connectivity index (χ0n) is 11.5. The summed E-state index contributed by atoms with van der Waals surface area (Å²) in [4.78, 5) is 12.9. The van der Waals surface area contributed by atoms with E-state index >= 15 is 0 Å². The molecule has 2 rings (SSSR count). The topological polar surface area (TPSA) is 49.3 Å². The van der Waals surface area contributed by atoms with Crippen LogP contribution in [-0.2, 0) is 11.2 Å². The normalized spacial score (nSPS) is 12.2. The molecule has 1 atom stereocenters. The minimum absolute atomic E-state index is 0.0247. The minimum atomic E-state index is -1.58. The molecule has 3 nitrogen and oxygen atoms in total. The van der Waals surface area contributed by atoms with Crippen LogP contribution in [0.2, 0.25) is 0 Å². The molecule has 1 amide bonds. The lowest BCUT2D eigenvalue weighted by Crippen LogP contribution is -2.31. The number of carbonyl (C=O) groups excluding carboxylic acids is 1. The maximum absolute atomic E-state index is 13.2. The lowest BCUT2D eigenvalue weighted by Gasteiger charge is -2.17. The number of carbonyl (C=O) groups is 1. The Balaban J connectivity index is 2.01. The number of benzene rings is 1. The fourth-order valence-electron chi connectivity index (χ4n) is 1.97. The number of amides is 1. The molecule has 0 radical (unpaired) electrons. The monoisotopic (exact) mass is 329 g/mol. The van der Waals surface area contributed by atoms with E-state index < -0.39 is 30.1 Å². The van der Waals surface area contributed by atoms with Gasteiger partial charge in [-0.3, -0.25) is 4.79 Å². The Morgan fingerprint density at radius 3 is 2.50 bits per heavy atom. The van der Waals surface area contributed by atoms with Gasteiger partial charge in [0.05, 0.1) is 12.6 Å². The van der Waals surface area contributed by atoms with Crippen LogP contribution in [0.25, 0.3) is 0 Å². The molecule has 0 fully saturated rings. The average molecular weight is 329 g/mol. The van der Waals surface area contributed by atoms with Gasteiger partial charge in [0.15, 0.2) is 17.5 Å². The summed E-state index contributed by atoms with van der Waals surface area (Å²) in [5, 5.41) is 13.7. The van der Waals surface area contributed by atoms with Crippen LogP contribution in [0, 0.1) is 17.5 Å². The highest BCUT2D eigenvalue weighted by Gasteiger charge is 2.18. The van der Waals surface area contributed by atoms with Crippen LogP contribution in [0.4, 0.5) is 13.2 Å². The smallest absolute Gasteiger partial charge is 0.220 e. The third-order valence-corrected chi connectivity index (χ3v) is 4.04. The van der Waals surface area contributed by atoms with Gasteiger partial charge in [-0.1, -0.05) is 6.07 Å². The van der Waals surface area contributed by atoms with E-state index in [9.17, 15) is 23.1 Å². The molecule has 0 saturated heterocycles. The lowest BCUT2D eigenvalue weighted by molar-refractivity contribution is -0.122. The van der Waals surface area contributed by atoms with Gasteiger partial charge < -0.3 is 10.4 Å². The van der Waals surface area contributed by atoms with Crippen LogP contribution in [0.15, 0.2) is 29.6 Å². The molecule has 0 saturated carbocycles. The van der Waals surface area contributed by atoms with Crippen LogP contribution in [0.1, 0.15) is 22.9 Å². The van der Waals surface area contributed by atoms with Gasteiger partial charge in [-0.2, -0.15) is 0 Å². The molecular formula is C15H14F3NO2S. The lowest BCUT2D eigenvalue weighted by atomic mass is 10.1. The minimum Gasteiger partial charge on any atom is -0.394 e. The largest absolute Gasteiger partial charge is 0.394 e. The van der Waals surface area contributed by atoms with E-state index in [1.54, 1.807) is 0 Å². The second-order valence-corrected chi connectivity index (χ2v) is 5.71. The highest BCUT2D eigenvalue weighted by molar-refractivity contribution is 7.09. The second kappa shape index (κ2) is 7.42. The number of aliphatic hydroxyl groups is 1. The molecule has 1 heterocycles. The van der Waals surface area contributed by atoms with Gasteiger partial charge in [0.25, 0.3) is 0 Å². The summed E-state index contributed by atoms with van der Waals surface area (Å²) in [6.07, 6.45) is 0.719. The molecule has 2 N–H and O–H groups in total. The first-order valence-corrected chi connectivity index (χ1v) is 7.46. The molecule has 0 aliphatic heterocycles. The van der Waals surface area contributed by atoms with Crippen molar-refractivity contribution in [1.29, 1.82) is 0 Å². The van der Waals surface area contributed by atoms with E-state index in [1.807, 2.05) is 17.5 Å². The van der Waals surface area contributed by atoms with Crippen LogP contribution in [0.3, 0.4) is 0 Å². The molecule has 0 bridgehead atoms. The van der Waals surface area contributed by atoms with Gasteiger partial charge in [-0.15, -0.1) is 11.3 Å². The van der Waals surface area contributed by atoms with Crippen LogP contribution in [-0.4, -0.2) is 17.6 Å². The number of hydrogen-bond donors (Lipinski definition) is 2. The quantitative estimate of drug-likeness (QED) is 0.801. The first-order chi connectivity index (χ1) is 10.5. The molecule has 0 aliphatic rings. The summed E-state index contributed by atoms with van der Waals surface area (Å²) < 4.78 is 39.3. The Bertz CT molecular complexity index is 623. The summed E-state index contributed by atoms with van der Waals surface area (Å²) in [6.45, 7) is -0.546. The van der Waals surface area contributed by atoms with E-state index in [2.05, 4.69) is 5.32 Å². The highest BCUT2D eigenvalue weighted by Crippen LogP contribution is 2.19. The number of halogens is 3. The van der Waals surface area contributed by atoms with Crippen LogP contribution >= 0.6 is 11.3 Å². The Kier molecular flexibility index (Phi) is 5.57. The van der Waals surface area contributed by atoms with Gasteiger partial charge in [0, 0.05) is 11.3 Å². The van der Waals surface area contributed by atoms with E-state index in [0.29, 0.717) is 6.42 Å². The molecule has 22 heavy (non-hydrogen) atoms. The first-order valence-electron chi connectivity index (χ1n) is 6.58. The van der Waals surface area contributed by atoms with Crippen LogP contribution < -0.4 is 5.32 Å². The van der Waals surface area contributed by atoms with Crippen molar-refractivity contribution in [1.82, 2.24) is 5.32 Å². The second-order valence-electron chi connectivity index (χ2n) is 4.68. The van der Waals surface area contributed by atoms with Crippen molar-refractivity contribution in [2.45, 2.75) is 18.9 Å². The molecule has 1 aromatic heterocycles. The molecule has 118 valence electrons. The Labute approximate surface area is 129 Å². The molecule has 1 unspecified atom stereocenters. The van der Waals surface area contributed by atoms with E-state index in [0.717, 1.165) is 17.0 Å². The zero-order valence-corrected chi connectivity index (χ0v) is 12.3. The summed E-state index contributed by atoms with van der Waals surface area (Å²) >= 11 is 1.52. The van der Waals surface area contributed by atoms with Crippen molar-refractivity contribution < 1.29 is 23.1 Å². The van der Waals surface area contributed by atoms with Crippen LogP contribution in [0.5, 0.6) is 0 Å². The summed E-state index contributed by atoms with van der Waals surface area (Å²) in [5.74, 6) is -4.66. The molecule has 1 aromatic carbocycles. The summed E-state index contributed by atoms with van der Waals surface area (Å²) in [5.41, 5.74) is -0.0247. The van der Waals surface area contributed by atoms with Crippen molar-refractivity contribution in [3.8, 4) is 0 Å². The van der Waals surface area contributed by atoms with E-state index in [4.69, 9.17) is 0 Å². The average Bonchev–Trinajstić information content (AvgIpc) is 3.01. The maximum Gasteiger partial charge on any atom is 0.220 e. The molecule has 0 spiro atoms. The van der Waals surface area contributed by atoms with Gasteiger partial charge in [0.2, 0.25) is 5.91 Å². The van der Waals surface area contributed by atoms with Crippen molar-refractivity contribution >= 4 is 17.2 Å². The zero-order chi connectivity index (χ0) is 16.1. The first kappa shape index (κ1) is 16.5. The number of aryl methyl sites for hydroxylation is 1. The molecule has 0 aliphatic carbocycles. The standard InChI is InChI=1S/C15H14F3NO2S/c16-11-6-9(7-12(17)15(11)18)13(8-20)19-14(21)4-3-10-2-1-5-22-10/h1-2,5-7,13,20H,3-4,8H2,(H,19,21). The molecular weight excluding hydrogens is 315 g/mol. The Hall–Kier alpha value is -1.86. The third kappa shape index (κ3) is 4.08. The van der Waals surface area contributed by atoms with Crippen molar-refractivity contribution in [2.75, 3.05) is 6.61 Å². The SMILES string of the molecule is O=C(CCc1cccs1)NC(CO)c1cc(F)c(F)c(F)c1. The number of hydrogen-bond acceptors (Lipinski definition) is 3. The van der Waals surface area contributed by atoms with Crippen molar-refractivity contribution in [3.05, 3.63) is 57.5 Å². The predicted molar refractivity (Wildman–Crippen MR) is 76.9 cm³/mol. The van der Waals surface area contributed by atoms with E-state index in [-0.39, 0.29) is 17.9 Å². The van der Waals surface area contributed by atoms with E-state index in [1.165, 1.54) is 11.3 Å². The molecule has 2 aromatic rings. The van der Waals surface area contributed by atoms with Crippen molar-refractivity contribution in [2.24, 2.45) is 0 Å². The summed E-state index contributed by atoms with van der Waals surface area (Å²) in [6, 6.07) is 4.31. The number of rotatable bonds is 6. The van der Waals surface area contributed by atoms with Gasteiger partial charge in [-0.25, -0.2) is 13.2 Å². The predicted octanol–water partition coefficient (Wildman–Crippen LogP) is 2.95. The molecule has 7 heteroatoms. The number of thiophene rings is 1. The maximum atomic E-state index is 13.2. The van der Waals surface area contributed by atoms with Gasteiger partial charge >= 0.3 is 0 Å². The fourth-order valence-corrected chi connectivity index (χ4v) is 2.68. The number of nitrogens with one attached hydrogen (secondary N) is 1.